The molecule has 2 N–H and O–H groups in total. The molecule has 0 spiro atoms. The van der Waals surface area contributed by atoms with Crippen LogP contribution >= 0.6 is 0 Å². The Morgan fingerprint density at radius 2 is 1.33 bits per heavy atom. The van der Waals surface area contributed by atoms with Crippen molar-refractivity contribution in [3.8, 4) is 17.2 Å². The molecule has 162 valence electrons. The second-order valence-corrected chi connectivity index (χ2v) is 5.65. The van der Waals surface area contributed by atoms with Gasteiger partial charge in [0.1, 0.15) is 17.2 Å². The second kappa shape index (κ2) is 9.29. The Morgan fingerprint density at radius 1 is 0.800 bits per heavy atom. The van der Waals surface area contributed by atoms with Gasteiger partial charge in [-0.25, -0.2) is 0 Å². The van der Waals surface area contributed by atoms with Crippen LogP contribution < -0.4 is 25.1 Å². The number of nitrogens with one attached hydrogen (secondary N) is 2. The maximum absolute atomic E-state index is 13.7. The molecule has 30 heavy (non-hydrogen) atoms. The van der Waals surface area contributed by atoms with E-state index in [9.17, 15) is 31.5 Å². The molecule has 2 aromatic carbocycles. The number of carbonyl (C=O) groups is 2. The minimum Gasteiger partial charge on any atom is -0.481 e. The lowest BCUT2D eigenvalue weighted by Crippen LogP contribution is -2.54. The van der Waals surface area contributed by atoms with Crippen LogP contribution in [0.4, 0.5) is 22.0 Å². The van der Waals surface area contributed by atoms with Gasteiger partial charge in [-0.1, -0.05) is 18.2 Å². The van der Waals surface area contributed by atoms with Gasteiger partial charge in [-0.2, -0.15) is 8.78 Å². The van der Waals surface area contributed by atoms with Gasteiger partial charge in [-0.15, -0.1) is 13.2 Å². The Hall–Kier alpha value is -3.57. The van der Waals surface area contributed by atoms with Gasteiger partial charge in [0, 0.05) is 0 Å². The number of carbonyl (C=O) groups excluding carboxylic acids is 2. The van der Waals surface area contributed by atoms with E-state index in [1.807, 2.05) is 0 Å². The molecule has 0 aliphatic heterocycles. The molecule has 1 unspecified atom stereocenters. The summed E-state index contributed by atoms with van der Waals surface area (Å²) in [6, 6.07) is 10.9. The normalized spacial score (nSPS) is 12.5. The summed E-state index contributed by atoms with van der Waals surface area (Å²) in [6.45, 7) is 1.22. The number of ether oxygens (including phenoxy) is 3. The maximum atomic E-state index is 13.7. The Bertz CT molecular complexity index is 860. The third kappa shape index (κ3) is 7.11. The summed E-state index contributed by atoms with van der Waals surface area (Å²) in [4.78, 5) is 23.4. The monoisotopic (exact) mass is 434 g/mol. The van der Waals surface area contributed by atoms with Crippen molar-refractivity contribution in [2.24, 2.45) is 0 Å². The van der Waals surface area contributed by atoms with Crippen LogP contribution in [0.2, 0.25) is 0 Å². The number of hydrogen-bond donors (Lipinski definition) is 2. The zero-order valence-electron chi connectivity index (χ0n) is 15.2. The number of rotatable bonds is 7. The highest BCUT2D eigenvalue weighted by Crippen LogP contribution is 2.25. The van der Waals surface area contributed by atoms with Gasteiger partial charge in [0.05, 0.1) is 0 Å². The van der Waals surface area contributed by atoms with Crippen LogP contribution in [0.1, 0.15) is 6.92 Å². The first-order valence-electron chi connectivity index (χ1n) is 8.21. The molecule has 0 saturated carbocycles. The molecule has 0 heterocycles. The van der Waals surface area contributed by atoms with Crippen LogP contribution in [0.3, 0.4) is 0 Å². The van der Waals surface area contributed by atoms with Gasteiger partial charge < -0.3 is 14.2 Å². The van der Waals surface area contributed by atoms with Crippen molar-refractivity contribution in [3.05, 3.63) is 54.6 Å². The first-order valence-corrected chi connectivity index (χ1v) is 8.21. The number of hydrogen-bond acceptors (Lipinski definition) is 5. The van der Waals surface area contributed by atoms with E-state index in [0.29, 0.717) is 0 Å². The van der Waals surface area contributed by atoms with Crippen molar-refractivity contribution < 1.29 is 45.8 Å². The first kappa shape index (κ1) is 22.7. The van der Waals surface area contributed by atoms with Gasteiger partial charge in [0.25, 0.3) is 5.91 Å². The summed E-state index contributed by atoms with van der Waals surface area (Å²) in [6.07, 6.45) is -10.4. The van der Waals surface area contributed by atoms with Crippen LogP contribution in [-0.4, -0.2) is 30.4 Å². The molecule has 2 amide bonds. The minimum atomic E-state index is -4.86. The fourth-order valence-electron chi connectivity index (χ4n) is 1.95. The zero-order valence-corrected chi connectivity index (χ0v) is 15.2. The van der Waals surface area contributed by atoms with Gasteiger partial charge >= 0.3 is 18.4 Å². The third-order valence-electron chi connectivity index (χ3n) is 3.29. The number of para-hydroxylation sites is 1. The van der Waals surface area contributed by atoms with E-state index in [4.69, 9.17) is 4.74 Å². The van der Waals surface area contributed by atoms with Crippen LogP contribution in [0.25, 0.3) is 0 Å². The molecule has 7 nitrogen and oxygen atoms in total. The lowest BCUT2D eigenvalue weighted by molar-refractivity contribution is -0.274. The van der Waals surface area contributed by atoms with Crippen LogP contribution in [0.5, 0.6) is 17.2 Å². The van der Waals surface area contributed by atoms with Crippen molar-refractivity contribution in [1.82, 2.24) is 10.9 Å². The summed E-state index contributed by atoms with van der Waals surface area (Å²) in [5, 5.41) is 0. The van der Waals surface area contributed by atoms with Gasteiger partial charge in [0.2, 0.25) is 0 Å². The average Bonchev–Trinajstić information content (AvgIpc) is 2.66. The molecular formula is C18H15F5N2O5. The van der Waals surface area contributed by atoms with E-state index >= 15 is 0 Å². The average molecular weight is 434 g/mol. The van der Waals surface area contributed by atoms with Gasteiger partial charge in [0.15, 0.2) is 6.10 Å². The van der Waals surface area contributed by atoms with Gasteiger partial charge in [-0.3, -0.25) is 20.4 Å². The molecular weight excluding hydrogens is 419 g/mol. The minimum absolute atomic E-state index is 0.00348. The molecule has 0 bridgehead atoms. The smallest absolute Gasteiger partial charge is 0.481 e. The van der Waals surface area contributed by atoms with Crippen molar-refractivity contribution in [1.29, 1.82) is 0 Å². The summed E-state index contributed by atoms with van der Waals surface area (Å²) >= 11 is 0. The largest absolute Gasteiger partial charge is 0.573 e. The highest BCUT2D eigenvalue weighted by atomic mass is 19.4. The van der Waals surface area contributed by atoms with E-state index in [0.717, 1.165) is 24.3 Å². The molecule has 0 aliphatic carbocycles. The number of hydrazine groups is 1. The molecule has 2 rings (SSSR count). The SMILES string of the molecule is CC(Oc1ccc(OC(F)(F)F)cc1)C(=O)NNC(=O)C(F)(F)Oc1ccccc1. The summed E-state index contributed by atoms with van der Waals surface area (Å²) in [5.41, 5.74) is 3.25. The van der Waals surface area contributed by atoms with E-state index in [-0.39, 0.29) is 11.5 Å². The summed E-state index contributed by atoms with van der Waals surface area (Å²) < 4.78 is 76.9. The van der Waals surface area contributed by atoms with E-state index in [1.165, 1.54) is 36.6 Å². The summed E-state index contributed by atoms with van der Waals surface area (Å²) in [7, 11) is 0. The fourth-order valence-corrected chi connectivity index (χ4v) is 1.95. The van der Waals surface area contributed by atoms with Gasteiger partial charge in [-0.05, 0) is 43.3 Å². The number of halogens is 5. The van der Waals surface area contributed by atoms with Crippen LogP contribution in [0.15, 0.2) is 54.6 Å². The highest BCUT2D eigenvalue weighted by molar-refractivity contribution is 5.87. The van der Waals surface area contributed by atoms with Crippen molar-refractivity contribution in [2.75, 3.05) is 0 Å². The van der Waals surface area contributed by atoms with Crippen molar-refractivity contribution in [2.45, 2.75) is 25.5 Å². The van der Waals surface area contributed by atoms with Crippen LogP contribution in [0, 0.1) is 0 Å². The molecule has 0 aromatic heterocycles. The Morgan fingerprint density at radius 3 is 1.90 bits per heavy atom. The molecule has 0 fully saturated rings. The van der Waals surface area contributed by atoms with E-state index < -0.39 is 36.1 Å². The Kier molecular flexibility index (Phi) is 7.03. The van der Waals surface area contributed by atoms with Crippen LogP contribution in [-0.2, 0) is 9.59 Å². The number of amides is 2. The lowest BCUT2D eigenvalue weighted by Gasteiger charge is -2.19. The third-order valence-corrected chi connectivity index (χ3v) is 3.29. The Labute approximate surface area is 166 Å². The molecule has 12 heteroatoms. The highest BCUT2D eigenvalue weighted by Gasteiger charge is 2.42. The molecule has 2 aromatic rings. The molecule has 0 saturated heterocycles. The second-order valence-electron chi connectivity index (χ2n) is 5.65. The topological polar surface area (TPSA) is 85.9 Å². The maximum Gasteiger partial charge on any atom is 0.573 e. The van der Waals surface area contributed by atoms with Crippen molar-refractivity contribution in [3.63, 3.8) is 0 Å². The van der Waals surface area contributed by atoms with E-state index in [2.05, 4.69) is 9.47 Å². The molecule has 0 radical (unpaired) electrons. The predicted octanol–water partition coefficient (Wildman–Crippen LogP) is 3.17. The van der Waals surface area contributed by atoms with Crippen molar-refractivity contribution >= 4 is 11.8 Å². The lowest BCUT2D eigenvalue weighted by atomic mass is 10.3. The number of benzene rings is 2. The quantitative estimate of drug-likeness (QED) is 0.517. The summed E-state index contributed by atoms with van der Waals surface area (Å²) in [5.74, 6) is -3.70. The first-order chi connectivity index (χ1) is 14.0. The van der Waals surface area contributed by atoms with E-state index in [1.54, 1.807) is 11.5 Å². The molecule has 0 aliphatic rings. The molecule has 1 atom stereocenters. The zero-order chi connectivity index (χ0) is 22.4. The fraction of sp³-hybridized carbons (Fsp3) is 0.222. The number of alkyl halides is 5. The Balaban J connectivity index is 1.84. The predicted molar refractivity (Wildman–Crippen MR) is 91.5 cm³/mol. The standard InChI is InChI=1S/C18H15F5N2O5/c1-11(28-12-7-9-14(10-8-12)30-18(21,22)23)15(26)24-25-16(27)17(19,20)29-13-5-3-2-4-6-13/h2-11H,1H3,(H,24,26)(H,25,27).